The summed E-state index contributed by atoms with van der Waals surface area (Å²) in [6.45, 7) is 0.624. The summed E-state index contributed by atoms with van der Waals surface area (Å²) in [6, 6.07) is 5.70. The van der Waals surface area contributed by atoms with Crippen molar-refractivity contribution >= 4 is 46.6 Å². The summed E-state index contributed by atoms with van der Waals surface area (Å²) in [5.41, 5.74) is 0.851. The number of fused-ring (bicyclic) bond motifs is 2. The number of ether oxygens (including phenoxy) is 1. The number of esters is 1. The van der Waals surface area contributed by atoms with Gasteiger partial charge in [0.2, 0.25) is 5.91 Å². The van der Waals surface area contributed by atoms with Gasteiger partial charge < -0.3 is 19.6 Å². The third kappa shape index (κ3) is 3.69. The predicted molar refractivity (Wildman–Crippen MR) is 107 cm³/mol. The second-order valence-electron chi connectivity index (χ2n) is 6.91. The lowest BCUT2D eigenvalue weighted by molar-refractivity contribution is -0.151. The van der Waals surface area contributed by atoms with Gasteiger partial charge in [-0.1, -0.05) is 12.1 Å². The maximum absolute atomic E-state index is 12.6. The minimum absolute atomic E-state index is 0.224. The molecule has 0 spiro atoms. The molecule has 2 aromatic rings. The van der Waals surface area contributed by atoms with Crippen LogP contribution in [-0.4, -0.2) is 62.1 Å². The quantitative estimate of drug-likeness (QED) is 0.457. The van der Waals surface area contributed by atoms with Crippen LogP contribution < -0.4 is 11.1 Å². The number of carboxylic acid groups (broad SMARTS) is 1. The minimum atomic E-state index is -1.32. The second-order valence-corrected chi connectivity index (χ2v) is 8.02. The van der Waals surface area contributed by atoms with Crippen molar-refractivity contribution < 1.29 is 33.4 Å². The van der Waals surface area contributed by atoms with E-state index >= 15 is 0 Å². The summed E-state index contributed by atoms with van der Waals surface area (Å²) in [4.78, 5) is 61.0. The number of carbonyl (C=O) groups excluding carboxylic acids is 3. The van der Waals surface area contributed by atoms with Crippen LogP contribution in [0.2, 0.25) is 0 Å². The number of rotatable bonds is 6. The molecule has 0 saturated carbocycles. The Kier molecular flexibility index (Phi) is 5.31. The fourth-order valence-corrected chi connectivity index (χ4v) is 4.84. The van der Waals surface area contributed by atoms with Crippen LogP contribution in [0.5, 0.6) is 0 Å². The Balaban J connectivity index is 1.48. The summed E-state index contributed by atoms with van der Waals surface area (Å²) in [6.07, 6.45) is 0. The van der Waals surface area contributed by atoms with Crippen molar-refractivity contribution in [2.45, 2.75) is 24.9 Å². The number of amides is 2. The van der Waals surface area contributed by atoms with E-state index < -0.39 is 40.9 Å². The van der Waals surface area contributed by atoms with Gasteiger partial charge in [0.1, 0.15) is 30.3 Å². The van der Waals surface area contributed by atoms with Crippen molar-refractivity contribution in [2.24, 2.45) is 0 Å². The van der Waals surface area contributed by atoms with E-state index in [0.29, 0.717) is 16.7 Å². The number of benzene rings is 1. The van der Waals surface area contributed by atoms with Crippen molar-refractivity contribution in [3.8, 4) is 0 Å². The average Bonchev–Trinajstić information content (AvgIpc) is 3.04. The van der Waals surface area contributed by atoms with Crippen LogP contribution in [0.4, 0.5) is 0 Å². The summed E-state index contributed by atoms with van der Waals surface area (Å²) in [7, 11) is 0. The average molecular weight is 447 g/mol. The number of aromatic nitrogens is 1. The fourth-order valence-electron chi connectivity index (χ4n) is 3.51. The number of para-hydroxylation sites is 2. The Labute approximate surface area is 178 Å². The molecular weight excluding hydrogens is 430 g/mol. The highest BCUT2D eigenvalue weighted by Crippen LogP contribution is 2.40. The van der Waals surface area contributed by atoms with Gasteiger partial charge in [0.05, 0.1) is 5.52 Å². The number of oxazole rings is 1. The molecule has 1 aromatic heterocycles. The van der Waals surface area contributed by atoms with Gasteiger partial charge in [0, 0.05) is 18.2 Å². The van der Waals surface area contributed by atoms with Gasteiger partial charge >= 0.3 is 17.7 Å². The molecule has 0 bridgehead atoms. The van der Waals surface area contributed by atoms with E-state index in [1.54, 1.807) is 24.3 Å². The third-order valence-electron chi connectivity index (χ3n) is 4.89. The molecule has 11 nitrogen and oxygen atoms in total. The van der Waals surface area contributed by atoms with E-state index in [9.17, 15) is 29.1 Å². The molecule has 31 heavy (non-hydrogen) atoms. The highest BCUT2D eigenvalue weighted by atomic mass is 32.2. The Morgan fingerprint density at radius 2 is 2.03 bits per heavy atom. The first-order valence-corrected chi connectivity index (χ1v) is 10.2. The standard InChI is InChI=1S/C19H17N3O8S/c1-9(23)29-7-10-8-31-17-14(16(25)22(17)15(10)18(26)27)20-13(24)6-21-11-4-2-3-5-12(11)30-19(21)28/h2-5,14,17H,6-8H2,1H3,(H,20,24)(H,26,27)/t14?,17-/m1/s1. The van der Waals surface area contributed by atoms with E-state index in [2.05, 4.69) is 5.32 Å². The SMILES string of the molecule is CC(=O)OCC1=C(C(=O)O)N2C(=O)C(NC(=O)Cn3c(=O)oc4ccccc43)[C@H]2SC1. The van der Waals surface area contributed by atoms with Gasteiger partial charge in [0.25, 0.3) is 5.91 Å². The molecule has 1 aromatic carbocycles. The van der Waals surface area contributed by atoms with E-state index in [0.717, 1.165) is 9.47 Å². The number of nitrogens with zero attached hydrogens (tertiary/aromatic N) is 2. The normalized spacial score (nSPS) is 20.3. The Bertz CT molecular complexity index is 1200. The molecule has 1 fully saturated rings. The zero-order chi connectivity index (χ0) is 22.3. The number of aliphatic carboxylic acids is 1. The summed E-state index contributed by atoms with van der Waals surface area (Å²) in [5, 5.41) is 11.5. The molecule has 12 heteroatoms. The molecule has 2 aliphatic rings. The van der Waals surface area contributed by atoms with Crippen molar-refractivity contribution in [3.05, 3.63) is 46.1 Å². The van der Waals surface area contributed by atoms with Crippen molar-refractivity contribution in [1.82, 2.24) is 14.8 Å². The van der Waals surface area contributed by atoms with Gasteiger partial charge in [-0.25, -0.2) is 9.59 Å². The van der Waals surface area contributed by atoms with Crippen LogP contribution in [0.1, 0.15) is 6.92 Å². The maximum atomic E-state index is 12.6. The number of carbonyl (C=O) groups is 4. The first kappa shape index (κ1) is 20.7. The lowest BCUT2D eigenvalue weighted by Crippen LogP contribution is -2.70. The van der Waals surface area contributed by atoms with E-state index in [1.807, 2.05) is 0 Å². The molecule has 2 aliphatic heterocycles. The highest BCUT2D eigenvalue weighted by molar-refractivity contribution is 8.00. The molecule has 1 saturated heterocycles. The van der Waals surface area contributed by atoms with Gasteiger partial charge in [0.15, 0.2) is 5.58 Å². The zero-order valence-corrected chi connectivity index (χ0v) is 17.0. The highest BCUT2D eigenvalue weighted by Gasteiger charge is 2.54. The lowest BCUT2D eigenvalue weighted by atomic mass is 10.0. The predicted octanol–water partition coefficient (Wildman–Crippen LogP) is -0.104. The summed E-state index contributed by atoms with van der Waals surface area (Å²) in [5.74, 6) is -3.53. The number of hydrogen-bond acceptors (Lipinski definition) is 8. The largest absolute Gasteiger partial charge is 0.477 e. The molecule has 162 valence electrons. The van der Waals surface area contributed by atoms with Crippen LogP contribution in [0.3, 0.4) is 0 Å². The van der Waals surface area contributed by atoms with Crippen LogP contribution in [0.15, 0.2) is 44.7 Å². The third-order valence-corrected chi connectivity index (χ3v) is 6.23. The van der Waals surface area contributed by atoms with Gasteiger partial charge in [-0.15, -0.1) is 11.8 Å². The van der Waals surface area contributed by atoms with Crippen LogP contribution in [0, 0.1) is 0 Å². The fraction of sp³-hybridized carbons (Fsp3) is 0.316. The second kappa shape index (κ2) is 7.95. The van der Waals surface area contributed by atoms with Crippen LogP contribution >= 0.6 is 11.8 Å². The lowest BCUT2D eigenvalue weighted by Gasteiger charge is -2.49. The van der Waals surface area contributed by atoms with E-state index in [1.165, 1.54) is 18.7 Å². The number of thioether (sulfide) groups is 1. The van der Waals surface area contributed by atoms with Crippen molar-refractivity contribution in [3.63, 3.8) is 0 Å². The number of nitrogens with one attached hydrogen (secondary N) is 1. The maximum Gasteiger partial charge on any atom is 0.420 e. The molecule has 2 N–H and O–H groups in total. The summed E-state index contributed by atoms with van der Waals surface area (Å²) < 4.78 is 11.1. The number of hydrogen-bond donors (Lipinski definition) is 2. The zero-order valence-electron chi connectivity index (χ0n) is 16.2. The van der Waals surface area contributed by atoms with E-state index in [-0.39, 0.29) is 24.6 Å². The molecule has 3 heterocycles. The van der Waals surface area contributed by atoms with Crippen molar-refractivity contribution in [2.75, 3.05) is 12.4 Å². The van der Waals surface area contributed by atoms with Crippen molar-refractivity contribution in [1.29, 1.82) is 0 Å². The molecule has 0 aliphatic carbocycles. The first-order chi connectivity index (χ1) is 14.8. The van der Waals surface area contributed by atoms with Gasteiger partial charge in [-0.3, -0.25) is 23.9 Å². The molecule has 2 amide bonds. The molecule has 4 rings (SSSR count). The Hall–Kier alpha value is -3.54. The Morgan fingerprint density at radius 3 is 2.74 bits per heavy atom. The molecule has 2 atom stereocenters. The Morgan fingerprint density at radius 1 is 1.29 bits per heavy atom. The number of carboxylic acids is 1. The molecule has 0 radical (unpaired) electrons. The first-order valence-electron chi connectivity index (χ1n) is 9.19. The topological polar surface area (TPSA) is 148 Å². The van der Waals surface area contributed by atoms with Crippen LogP contribution in [0.25, 0.3) is 11.1 Å². The van der Waals surface area contributed by atoms with Gasteiger partial charge in [-0.2, -0.15) is 0 Å². The minimum Gasteiger partial charge on any atom is -0.477 e. The smallest absolute Gasteiger partial charge is 0.420 e. The summed E-state index contributed by atoms with van der Waals surface area (Å²) >= 11 is 1.25. The monoisotopic (exact) mass is 447 g/mol. The van der Waals surface area contributed by atoms with Crippen LogP contribution in [-0.2, 0) is 30.5 Å². The van der Waals surface area contributed by atoms with E-state index in [4.69, 9.17) is 9.15 Å². The molecular formula is C19H17N3O8S. The molecule has 1 unspecified atom stereocenters. The number of β-lactam (4-membered cyclic amide) rings is 1. The van der Waals surface area contributed by atoms with Gasteiger partial charge in [-0.05, 0) is 12.1 Å².